The van der Waals surface area contributed by atoms with Gasteiger partial charge in [0.1, 0.15) is 0 Å². The maximum atomic E-state index is 10.9. The van der Waals surface area contributed by atoms with E-state index in [0.29, 0.717) is 12.8 Å². The molecule has 0 spiro atoms. The van der Waals surface area contributed by atoms with E-state index in [1.165, 1.54) is 0 Å². The molecule has 6 heteroatoms. The van der Waals surface area contributed by atoms with Crippen molar-refractivity contribution in [1.29, 1.82) is 0 Å². The Hall–Kier alpha value is -0.620. The molecule has 0 unspecified atom stereocenters. The van der Waals surface area contributed by atoms with E-state index >= 15 is 0 Å². The van der Waals surface area contributed by atoms with Crippen LogP contribution in [0, 0.1) is 5.92 Å². The Morgan fingerprint density at radius 3 is 2.57 bits per heavy atom. The van der Waals surface area contributed by atoms with Crippen LogP contribution in [-0.2, 0) is 14.8 Å². The first-order chi connectivity index (χ1) is 6.38. The molecule has 0 amide bonds. The topological polar surface area (TPSA) is 83.5 Å². The standard InChI is InChI=1S/C8H15NO4S/c1-14(12,13)9-7-4-2-3-6(5-7)8(10)11/h6-7,9H,2-5H2,1H3,(H,10,11)/t6-,7+/m0/s1. The molecule has 1 rings (SSSR count). The molecule has 82 valence electrons. The van der Waals surface area contributed by atoms with Gasteiger partial charge in [-0.3, -0.25) is 4.79 Å². The van der Waals surface area contributed by atoms with Gasteiger partial charge >= 0.3 is 5.97 Å². The summed E-state index contributed by atoms with van der Waals surface area (Å²) in [5.41, 5.74) is 0. The summed E-state index contributed by atoms with van der Waals surface area (Å²) in [6.07, 6.45) is 3.65. The normalized spacial score (nSPS) is 28.6. The maximum Gasteiger partial charge on any atom is 0.306 e. The number of carboxylic acids is 1. The monoisotopic (exact) mass is 221 g/mol. The van der Waals surface area contributed by atoms with Gasteiger partial charge in [-0.15, -0.1) is 0 Å². The highest BCUT2D eigenvalue weighted by atomic mass is 32.2. The predicted molar refractivity (Wildman–Crippen MR) is 51.4 cm³/mol. The number of carbonyl (C=O) groups is 1. The summed E-state index contributed by atoms with van der Waals surface area (Å²) in [6.45, 7) is 0. The number of carboxylic acid groups (broad SMARTS) is 1. The Balaban J connectivity index is 2.52. The van der Waals surface area contributed by atoms with E-state index in [0.717, 1.165) is 19.1 Å². The number of sulfonamides is 1. The minimum Gasteiger partial charge on any atom is -0.481 e. The van der Waals surface area contributed by atoms with Crippen LogP contribution in [0.1, 0.15) is 25.7 Å². The third-order valence-electron chi connectivity index (χ3n) is 2.40. The predicted octanol–water partition coefficient (Wildman–Crippen LogP) is 0.179. The summed E-state index contributed by atoms with van der Waals surface area (Å²) in [5.74, 6) is -1.23. The zero-order valence-corrected chi connectivity index (χ0v) is 8.88. The number of nitrogens with one attached hydrogen (secondary N) is 1. The Morgan fingerprint density at radius 2 is 2.07 bits per heavy atom. The van der Waals surface area contributed by atoms with Crippen molar-refractivity contribution < 1.29 is 18.3 Å². The lowest BCUT2D eigenvalue weighted by Gasteiger charge is -2.26. The second kappa shape index (κ2) is 4.27. The summed E-state index contributed by atoms with van der Waals surface area (Å²) in [7, 11) is -3.22. The van der Waals surface area contributed by atoms with E-state index in [-0.39, 0.29) is 6.04 Å². The van der Waals surface area contributed by atoms with E-state index in [1.54, 1.807) is 0 Å². The fourth-order valence-electron chi connectivity index (χ4n) is 1.82. The zero-order chi connectivity index (χ0) is 10.8. The highest BCUT2D eigenvalue weighted by Gasteiger charge is 2.28. The van der Waals surface area contributed by atoms with Gasteiger partial charge < -0.3 is 5.11 Å². The highest BCUT2D eigenvalue weighted by Crippen LogP contribution is 2.24. The molecule has 2 N–H and O–H groups in total. The van der Waals surface area contributed by atoms with Gasteiger partial charge in [0.25, 0.3) is 0 Å². The minimum absolute atomic E-state index is 0.208. The summed E-state index contributed by atoms with van der Waals surface area (Å²) in [4.78, 5) is 10.7. The molecule has 0 aromatic rings. The highest BCUT2D eigenvalue weighted by molar-refractivity contribution is 7.88. The fourth-order valence-corrected chi connectivity index (χ4v) is 2.64. The first kappa shape index (κ1) is 11.5. The van der Waals surface area contributed by atoms with Crippen molar-refractivity contribution in [3.8, 4) is 0 Å². The van der Waals surface area contributed by atoms with E-state index in [9.17, 15) is 13.2 Å². The molecule has 0 saturated heterocycles. The van der Waals surface area contributed by atoms with Crippen LogP contribution < -0.4 is 4.72 Å². The molecule has 1 aliphatic carbocycles. The molecule has 0 radical (unpaired) electrons. The third-order valence-corrected chi connectivity index (χ3v) is 3.17. The Kier molecular flexibility index (Phi) is 3.49. The lowest BCUT2D eigenvalue weighted by atomic mass is 9.86. The van der Waals surface area contributed by atoms with Crippen LogP contribution in [0.4, 0.5) is 0 Å². The second-order valence-corrected chi connectivity index (χ2v) is 5.57. The van der Waals surface area contributed by atoms with E-state index in [2.05, 4.69) is 4.72 Å². The SMILES string of the molecule is CS(=O)(=O)N[C@@H]1CCC[C@H](C(=O)O)C1. The van der Waals surface area contributed by atoms with E-state index in [1.807, 2.05) is 0 Å². The largest absolute Gasteiger partial charge is 0.481 e. The van der Waals surface area contributed by atoms with Crippen LogP contribution in [0.2, 0.25) is 0 Å². The molecule has 1 aliphatic rings. The molecule has 0 aromatic carbocycles. The fraction of sp³-hybridized carbons (Fsp3) is 0.875. The average Bonchev–Trinajstić information content (AvgIpc) is 2.01. The van der Waals surface area contributed by atoms with Crippen molar-refractivity contribution in [2.24, 2.45) is 5.92 Å². The van der Waals surface area contributed by atoms with Gasteiger partial charge in [0.2, 0.25) is 10.0 Å². The van der Waals surface area contributed by atoms with Crippen LogP contribution in [-0.4, -0.2) is 31.8 Å². The van der Waals surface area contributed by atoms with Gasteiger partial charge in [0, 0.05) is 6.04 Å². The lowest BCUT2D eigenvalue weighted by molar-refractivity contribution is -0.143. The van der Waals surface area contributed by atoms with Crippen LogP contribution >= 0.6 is 0 Å². The Labute approximate surface area is 83.6 Å². The molecule has 1 fully saturated rings. The molecular formula is C8H15NO4S. The van der Waals surface area contributed by atoms with Gasteiger partial charge in [0.15, 0.2) is 0 Å². The Bertz CT molecular complexity index is 311. The van der Waals surface area contributed by atoms with Crippen LogP contribution in [0.3, 0.4) is 0 Å². The van der Waals surface area contributed by atoms with Gasteiger partial charge in [0.05, 0.1) is 12.2 Å². The van der Waals surface area contributed by atoms with Gasteiger partial charge in [-0.1, -0.05) is 6.42 Å². The molecule has 0 bridgehead atoms. The number of aliphatic carboxylic acids is 1. The van der Waals surface area contributed by atoms with Crippen molar-refractivity contribution >= 4 is 16.0 Å². The van der Waals surface area contributed by atoms with Crippen molar-refractivity contribution in [3.63, 3.8) is 0 Å². The molecule has 14 heavy (non-hydrogen) atoms. The van der Waals surface area contributed by atoms with Gasteiger partial charge in [-0.2, -0.15) is 0 Å². The number of rotatable bonds is 3. The molecule has 1 saturated carbocycles. The van der Waals surface area contributed by atoms with Crippen molar-refractivity contribution in [3.05, 3.63) is 0 Å². The lowest BCUT2D eigenvalue weighted by Crippen LogP contribution is -2.39. The van der Waals surface area contributed by atoms with Crippen LogP contribution in [0.5, 0.6) is 0 Å². The minimum atomic E-state index is -3.22. The number of hydrogen-bond donors (Lipinski definition) is 2. The second-order valence-electron chi connectivity index (χ2n) is 3.79. The summed E-state index contributed by atoms with van der Waals surface area (Å²) >= 11 is 0. The molecular weight excluding hydrogens is 206 g/mol. The zero-order valence-electron chi connectivity index (χ0n) is 8.06. The third kappa shape index (κ3) is 3.63. The van der Waals surface area contributed by atoms with Crippen LogP contribution in [0.25, 0.3) is 0 Å². The smallest absolute Gasteiger partial charge is 0.306 e. The summed E-state index contributed by atoms with van der Waals surface area (Å²) < 4.78 is 24.3. The summed E-state index contributed by atoms with van der Waals surface area (Å²) in [5, 5.41) is 8.78. The Morgan fingerprint density at radius 1 is 1.43 bits per heavy atom. The molecule has 0 aliphatic heterocycles. The van der Waals surface area contributed by atoms with E-state index < -0.39 is 21.9 Å². The molecule has 2 atom stereocenters. The number of hydrogen-bond acceptors (Lipinski definition) is 3. The van der Waals surface area contributed by atoms with Gasteiger partial charge in [-0.05, 0) is 19.3 Å². The van der Waals surface area contributed by atoms with Crippen molar-refractivity contribution in [1.82, 2.24) is 4.72 Å². The molecule has 0 heterocycles. The first-order valence-electron chi connectivity index (χ1n) is 4.58. The van der Waals surface area contributed by atoms with Crippen molar-refractivity contribution in [2.75, 3.05) is 6.26 Å². The van der Waals surface area contributed by atoms with Crippen molar-refractivity contribution in [2.45, 2.75) is 31.7 Å². The maximum absolute atomic E-state index is 10.9. The quantitative estimate of drug-likeness (QED) is 0.712. The van der Waals surface area contributed by atoms with E-state index in [4.69, 9.17) is 5.11 Å². The summed E-state index contributed by atoms with van der Waals surface area (Å²) in [6, 6.07) is -0.208. The average molecular weight is 221 g/mol. The van der Waals surface area contributed by atoms with Crippen LogP contribution in [0.15, 0.2) is 0 Å². The first-order valence-corrected chi connectivity index (χ1v) is 6.48. The molecule has 5 nitrogen and oxygen atoms in total. The van der Waals surface area contributed by atoms with Gasteiger partial charge in [-0.25, -0.2) is 13.1 Å². The molecule has 0 aromatic heterocycles.